The van der Waals surface area contributed by atoms with Gasteiger partial charge in [0, 0.05) is 17.2 Å². The van der Waals surface area contributed by atoms with Gasteiger partial charge in [-0.3, -0.25) is 4.79 Å². The second-order valence-corrected chi connectivity index (χ2v) is 5.70. The monoisotopic (exact) mass is 253 g/mol. The van der Waals surface area contributed by atoms with E-state index in [9.17, 15) is 4.79 Å². The number of carbonyl (C=O) groups is 1. The van der Waals surface area contributed by atoms with Crippen LogP contribution in [0.3, 0.4) is 0 Å². The molecule has 2 N–H and O–H groups in total. The first-order valence-electron chi connectivity index (χ1n) is 5.55. The molecule has 94 valence electrons. The van der Waals surface area contributed by atoms with E-state index < -0.39 is 11.4 Å². The standard InChI is InChI=1S/C13H19NO2S/c1-13(2,12(15)16)9-17-11-6-4-5-10(7-11)8-14-3/h4-7,14H,8-9H2,1-3H3,(H,15,16). The first-order chi connectivity index (χ1) is 7.95. The third-order valence-electron chi connectivity index (χ3n) is 2.46. The molecule has 0 aliphatic heterocycles. The van der Waals surface area contributed by atoms with Crippen LogP contribution in [-0.4, -0.2) is 23.9 Å². The predicted molar refractivity (Wildman–Crippen MR) is 71.3 cm³/mol. The van der Waals surface area contributed by atoms with Crippen molar-refractivity contribution in [3.05, 3.63) is 29.8 Å². The summed E-state index contributed by atoms with van der Waals surface area (Å²) in [7, 11) is 1.91. The van der Waals surface area contributed by atoms with Crippen molar-refractivity contribution in [2.75, 3.05) is 12.8 Å². The number of hydrogen-bond acceptors (Lipinski definition) is 3. The molecule has 0 spiro atoms. The third kappa shape index (κ3) is 4.40. The summed E-state index contributed by atoms with van der Waals surface area (Å²) in [6.07, 6.45) is 0. The maximum absolute atomic E-state index is 11.0. The minimum atomic E-state index is -0.753. The van der Waals surface area contributed by atoms with Crippen LogP contribution in [0.1, 0.15) is 19.4 Å². The summed E-state index contributed by atoms with van der Waals surface area (Å²) in [6, 6.07) is 8.17. The summed E-state index contributed by atoms with van der Waals surface area (Å²) in [5.41, 5.74) is 0.523. The van der Waals surface area contributed by atoms with E-state index >= 15 is 0 Å². The lowest BCUT2D eigenvalue weighted by molar-refractivity contribution is -0.145. The van der Waals surface area contributed by atoms with Crippen LogP contribution in [-0.2, 0) is 11.3 Å². The number of aliphatic carboxylic acids is 1. The molecule has 1 rings (SSSR count). The first kappa shape index (κ1) is 14.1. The summed E-state index contributed by atoms with van der Waals surface area (Å²) in [6.45, 7) is 4.33. The van der Waals surface area contributed by atoms with Gasteiger partial charge < -0.3 is 10.4 Å². The Balaban J connectivity index is 2.63. The minimum Gasteiger partial charge on any atom is -0.481 e. The number of thioether (sulfide) groups is 1. The third-order valence-corrected chi connectivity index (χ3v) is 3.91. The van der Waals surface area contributed by atoms with E-state index in [1.807, 2.05) is 19.2 Å². The molecule has 17 heavy (non-hydrogen) atoms. The zero-order valence-corrected chi connectivity index (χ0v) is 11.3. The van der Waals surface area contributed by atoms with Crippen LogP contribution < -0.4 is 5.32 Å². The van der Waals surface area contributed by atoms with Crippen molar-refractivity contribution in [3.8, 4) is 0 Å². The van der Waals surface area contributed by atoms with Crippen LogP contribution in [0.4, 0.5) is 0 Å². The number of carboxylic acids is 1. The zero-order chi connectivity index (χ0) is 12.9. The Morgan fingerprint density at radius 2 is 2.18 bits per heavy atom. The highest BCUT2D eigenvalue weighted by Gasteiger charge is 2.26. The molecule has 0 amide bonds. The maximum Gasteiger partial charge on any atom is 0.309 e. The SMILES string of the molecule is CNCc1cccc(SCC(C)(C)C(=O)O)c1. The van der Waals surface area contributed by atoms with Crippen LogP contribution in [0, 0.1) is 5.41 Å². The molecule has 0 heterocycles. The molecular formula is C13H19NO2S. The molecule has 0 saturated heterocycles. The molecule has 0 aliphatic carbocycles. The molecule has 0 aromatic heterocycles. The van der Waals surface area contributed by atoms with E-state index in [2.05, 4.69) is 17.4 Å². The highest BCUT2D eigenvalue weighted by molar-refractivity contribution is 7.99. The van der Waals surface area contributed by atoms with Gasteiger partial charge in [0.1, 0.15) is 0 Å². The van der Waals surface area contributed by atoms with E-state index in [0.29, 0.717) is 5.75 Å². The summed E-state index contributed by atoms with van der Waals surface area (Å²) in [5, 5.41) is 12.1. The lowest BCUT2D eigenvalue weighted by Crippen LogP contribution is -2.26. The van der Waals surface area contributed by atoms with Crippen LogP contribution in [0.15, 0.2) is 29.2 Å². The topological polar surface area (TPSA) is 49.3 Å². The average Bonchev–Trinajstić information content (AvgIpc) is 2.27. The molecule has 0 saturated carbocycles. The largest absolute Gasteiger partial charge is 0.481 e. The van der Waals surface area contributed by atoms with Crippen molar-refractivity contribution in [1.82, 2.24) is 5.32 Å². The fraction of sp³-hybridized carbons (Fsp3) is 0.462. The fourth-order valence-corrected chi connectivity index (χ4v) is 2.34. The number of carboxylic acid groups (broad SMARTS) is 1. The zero-order valence-electron chi connectivity index (χ0n) is 10.5. The molecule has 0 fully saturated rings. The maximum atomic E-state index is 11.0. The van der Waals surface area contributed by atoms with Gasteiger partial charge in [0.25, 0.3) is 0 Å². The highest BCUT2D eigenvalue weighted by atomic mass is 32.2. The second kappa shape index (κ2) is 6.07. The molecule has 1 aromatic carbocycles. The fourth-order valence-electron chi connectivity index (χ4n) is 1.27. The van der Waals surface area contributed by atoms with Gasteiger partial charge in [-0.25, -0.2) is 0 Å². The normalized spacial score (nSPS) is 11.5. The first-order valence-corrected chi connectivity index (χ1v) is 6.54. The van der Waals surface area contributed by atoms with Crippen molar-refractivity contribution in [2.24, 2.45) is 5.41 Å². The van der Waals surface area contributed by atoms with Gasteiger partial charge in [-0.2, -0.15) is 0 Å². The summed E-state index contributed by atoms with van der Waals surface area (Å²) < 4.78 is 0. The number of rotatable bonds is 6. The number of benzene rings is 1. The summed E-state index contributed by atoms with van der Waals surface area (Å²) in [5.74, 6) is -0.179. The number of hydrogen-bond donors (Lipinski definition) is 2. The van der Waals surface area contributed by atoms with E-state index in [1.165, 1.54) is 5.56 Å². The van der Waals surface area contributed by atoms with Crippen molar-refractivity contribution >= 4 is 17.7 Å². The Morgan fingerprint density at radius 3 is 2.76 bits per heavy atom. The molecule has 0 atom stereocenters. The van der Waals surface area contributed by atoms with E-state index in [-0.39, 0.29) is 0 Å². The van der Waals surface area contributed by atoms with Crippen molar-refractivity contribution in [1.29, 1.82) is 0 Å². The van der Waals surface area contributed by atoms with Crippen LogP contribution in [0.5, 0.6) is 0 Å². The van der Waals surface area contributed by atoms with Gasteiger partial charge in [-0.05, 0) is 38.6 Å². The second-order valence-electron chi connectivity index (χ2n) is 4.66. The quantitative estimate of drug-likeness (QED) is 0.765. The van der Waals surface area contributed by atoms with E-state index in [0.717, 1.165) is 11.4 Å². The van der Waals surface area contributed by atoms with Crippen molar-refractivity contribution in [3.63, 3.8) is 0 Å². The van der Waals surface area contributed by atoms with Gasteiger partial charge in [0.2, 0.25) is 0 Å². The molecule has 1 aromatic rings. The molecule has 4 heteroatoms. The van der Waals surface area contributed by atoms with Crippen LogP contribution in [0.2, 0.25) is 0 Å². The molecule has 3 nitrogen and oxygen atoms in total. The lowest BCUT2D eigenvalue weighted by atomic mass is 9.97. The Morgan fingerprint density at radius 1 is 1.47 bits per heavy atom. The minimum absolute atomic E-state index is 0.575. The molecular weight excluding hydrogens is 234 g/mol. The Labute approximate surface area is 107 Å². The highest BCUT2D eigenvalue weighted by Crippen LogP contribution is 2.28. The Bertz CT molecular complexity index is 391. The van der Waals surface area contributed by atoms with Gasteiger partial charge in [-0.1, -0.05) is 12.1 Å². The molecule has 0 unspecified atom stereocenters. The molecule has 0 radical (unpaired) electrons. The van der Waals surface area contributed by atoms with Crippen LogP contribution >= 0.6 is 11.8 Å². The van der Waals surface area contributed by atoms with Crippen molar-refractivity contribution < 1.29 is 9.90 Å². The molecule has 0 aliphatic rings. The lowest BCUT2D eigenvalue weighted by Gasteiger charge is -2.18. The smallest absolute Gasteiger partial charge is 0.309 e. The van der Waals surface area contributed by atoms with Crippen LogP contribution in [0.25, 0.3) is 0 Å². The van der Waals surface area contributed by atoms with Gasteiger partial charge in [0.05, 0.1) is 5.41 Å². The Kier molecular flexibility index (Phi) is 5.02. The summed E-state index contributed by atoms with van der Waals surface area (Å²) in [4.78, 5) is 12.1. The summed E-state index contributed by atoms with van der Waals surface area (Å²) >= 11 is 1.59. The van der Waals surface area contributed by atoms with Gasteiger partial charge >= 0.3 is 5.97 Å². The average molecular weight is 253 g/mol. The van der Waals surface area contributed by atoms with Crippen molar-refractivity contribution in [2.45, 2.75) is 25.3 Å². The predicted octanol–water partition coefficient (Wildman–Crippen LogP) is 2.61. The van der Waals surface area contributed by atoms with E-state index in [4.69, 9.17) is 5.11 Å². The Hall–Kier alpha value is -1.00. The number of nitrogens with one attached hydrogen (secondary N) is 1. The van der Waals surface area contributed by atoms with Gasteiger partial charge in [0.15, 0.2) is 0 Å². The van der Waals surface area contributed by atoms with Gasteiger partial charge in [-0.15, -0.1) is 11.8 Å². The molecule has 0 bridgehead atoms. The van der Waals surface area contributed by atoms with E-state index in [1.54, 1.807) is 25.6 Å².